The number of nitrogens with zero attached hydrogens (tertiary/aromatic N) is 2. The zero-order valence-corrected chi connectivity index (χ0v) is 15.3. The van der Waals surface area contributed by atoms with Crippen LogP contribution in [-0.4, -0.2) is 22.6 Å². The van der Waals surface area contributed by atoms with Gasteiger partial charge in [-0.25, -0.2) is 17.4 Å². The average Bonchev–Trinajstić information content (AvgIpc) is 2.92. The molecule has 25 heavy (non-hydrogen) atoms. The molecule has 130 valence electrons. The van der Waals surface area contributed by atoms with Gasteiger partial charge in [-0.3, -0.25) is 0 Å². The standard InChI is InChI=1S/C19H21N3O2S/c1-4-16(14-8-6-5-7-9-14)15-10-11-17-18(12-15)22(19(20)21-17)25(23,24)13(2)3/h4-13H,1-3H3,(H2,20,21)/b16-4-. The molecule has 0 aliphatic rings. The highest BCUT2D eigenvalue weighted by Crippen LogP contribution is 2.29. The Balaban J connectivity index is 2.24. The lowest BCUT2D eigenvalue weighted by Crippen LogP contribution is -2.23. The third-order valence-electron chi connectivity index (χ3n) is 4.17. The molecule has 2 N–H and O–H groups in total. The molecule has 0 radical (unpaired) electrons. The Morgan fingerprint density at radius 3 is 2.40 bits per heavy atom. The minimum Gasteiger partial charge on any atom is -0.368 e. The first-order chi connectivity index (χ1) is 11.9. The van der Waals surface area contributed by atoms with Crippen LogP contribution in [-0.2, 0) is 10.0 Å². The summed E-state index contributed by atoms with van der Waals surface area (Å²) in [6.07, 6.45) is 2.01. The molecule has 0 spiro atoms. The van der Waals surface area contributed by atoms with Crippen LogP contribution in [0.2, 0.25) is 0 Å². The number of rotatable bonds is 4. The van der Waals surface area contributed by atoms with Crippen LogP contribution in [0.3, 0.4) is 0 Å². The Labute approximate surface area is 147 Å². The molecule has 6 heteroatoms. The van der Waals surface area contributed by atoms with Crippen molar-refractivity contribution in [1.82, 2.24) is 8.96 Å². The summed E-state index contributed by atoms with van der Waals surface area (Å²) in [5.74, 6) is -0.0115. The summed E-state index contributed by atoms with van der Waals surface area (Å²) in [5, 5.41) is -0.592. The summed E-state index contributed by atoms with van der Waals surface area (Å²) in [7, 11) is -3.59. The van der Waals surface area contributed by atoms with Crippen molar-refractivity contribution in [1.29, 1.82) is 0 Å². The number of nitrogens with two attached hydrogens (primary N) is 1. The summed E-state index contributed by atoms with van der Waals surface area (Å²) in [5.41, 5.74) is 9.97. The van der Waals surface area contributed by atoms with E-state index < -0.39 is 15.3 Å². The summed E-state index contributed by atoms with van der Waals surface area (Å²) < 4.78 is 26.5. The summed E-state index contributed by atoms with van der Waals surface area (Å²) in [6, 6.07) is 15.5. The van der Waals surface area contributed by atoms with Gasteiger partial charge in [-0.2, -0.15) is 0 Å². The fraction of sp³-hybridized carbons (Fsp3) is 0.211. The van der Waals surface area contributed by atoms with Crippen molar-refractivity contribution in [3.8, 4) is 0 Å². The monoisotopic (exact) mass is 355 g/mol. The van der Waals surface area contributed by atoms with E-state index in [1.807, 2.05) is 55.5 Å². The molecule has 0 aliphatic carbocycles. The van der Waals surface area contributed by atoms with Gasteiger partial charge in [-0.15, -0.1) is 0 Å². The van der Waals surface area contributed by atoms with E-state index >= 15 is 0 Å². The van der Waals surface area contributed by atoms with Crippen molar-refractivity contribution >= 4 is 32.6 Å². The van der Waals surface area contributed by atoms with Crippen LogP contribution in [0.4, 0.5) is 5.95 Å². The third-order valence-corrected chi connectivity index (χ3v) is 6.26. The minimum absolute atomic E-state index is 0.0115. The molecule has 2 aromatic carbocycles. The van der Waals surface area contributed by atoms with E-state index in [1.54, 1.807) is 19.9 Å². The number of benzene rings is 2. The predicted molar refractivity (Wildman–Crippen MR) is 103 cm³/mol. The first kappa shape index (κ1) is 17.2. The van der Waals surface area contributed by atoms with Crippen LogP contribution in [0.25, 0.3) is 16.6 Å². The molecular formula is C19H21N3O2S. The lowest BCUT2D eigenvalue weighted by atomic mass is 9.97. The van der Waals surface area contributed by atoms with Crippen molar-refractivity contribution in [3.63, 3.8) is 0 Å². The van der Waals surface area contributed by atoms with Gasteiger partial charge in [0.05, 0.1) is 16.3 Å². The van der Waals surface area contributed by atoms with Gasteiger partial charge >= 0.3 is 0 Å². The average molecular weight is 355 g/mol. The maximum Gasteiger partial charge on any atom is 0.244 e. The van der Waals surface area contributed by atoms with Crippen LogP contribution in [0, 0.1) is 0 Å². The van der Waals surface area contributed by atoms with Crippen molar-refractivity contribution in [2.45, 2.75) is 26.0 Å². The second kappa shape index (κ2) is 6.37. The van der Waals surface area contributed by atoms with Gasteiger partial charge in [0.2, 0.25) is 16.0 Å². The fourth-order valence-electron chi connectivity index (χ4n) is 2.84. The van der Waals surface area contributed by atoms with Crippen LogP contribution in [0.5, 0.6) is 0 Å². The predicted octanol–water partition coefficient (Wildman–Crippen LogP) is 3.66. The van der Waals surface area contributed by atoms with Gasteiger partial charge in [0.25, 0.3) is 0 Å². The smallest absolute Gasteiger partial charge is 0.244 e. The lowest BCUT2D eigenvalue weighted by Gasteiger charge is -2.12. The van der Waals surface area contributed by atoms with Gasteiger partial charge in [-0.05, 0) is 49.6 Å². The summed E-state index contributed by atoms with van der Waals surface area (Å²) in [4.78, 5) is 4.20. The third kappa shape index (κ3) is 2.93. The second-order valence-electron chi connectivity index (χ2n) is 6.10. The quantitative estimate of drug-likeness (QED) is 0.775. The second-order valence-corrected chi connectivity index (χ2v) is 8.44. The Morgan fingerprint density at radius 1 is 1.12 bits per heavy atom. The number of nitrogen functional groups attached to an aromatic ring is 1. The van der Waals surface area contributed by atoms with Gasteiger partial charge in [0, 0.05) is 0 Å². The van der Waals surface area contributed by atoms with Gasteiger partial charge in [-0.1, -0.05) is 42.5 Å². The molecule has 0 atom stereocenters. The summed E-state index contributed by atoms with van der Waals surface area (Å²) >= 11 is 0. The largest absolute Gasteiger partial charge is 0.368 e. The number of fused-ring (bicyclic) bond motifs is 1. The maximum absolute atomic E-state index is 12.7. The molecule has 1 heterocycles. The van der Waals surface area contributed by atoms with Crippen LogP contribution < -0.4 is 5.73 Å². The highest BCUT2D eigenvalue weighted by molar-refractivity contribution is 7.90. The number of hydrogen-bond donors (Lipinski definition) is 1. The first-order valence-corrected chi connectivity index (χ1v) is 9.61. The molecule has 1 aromatic heterocycles. The number of allylic oxidation sites excluding steroid dienone is 1. The van der Waals surface area contributed by atoms with Crippen LogP contribution in [0.15, 0.2) is 54.6 Å². The molecule has 0 saturated heterocycles. The molecule has 0 aliphatic heterocycles. The normalized spacial score (nSPS) is 12.9. The van der Waals surface area contributed by atoms with E-state index in [0.717, 1.165) is 20.7 Å². The Kier molecular flexibility index (Phi) is 4.39. The molecule has 3 rings (SSSR count). The Hall–Kier alpha value is -2.60. The zero-order valence-electron chi connectivity index (χ0n) is 14.5. The molecule has 0 bridgehead atoms. The molecular weight excluding hydrogens is 334 g/mol. The zero-order chi connectivity index (χ0) is 18.2. The molecule has 0 fully saturated rings. The van der Waals surface area contributed by atoms with Crippen molar-refractivity contribution in [3.05, 3.63) is 65.7 Å². The SMILES string of the molecule is C/C=C(/c1ccccc1)c1ccc2nc(N)n(S(=O)(=O)C(C)C)c2c1. The molecule has 3 aromatic rings. The van der Waals surface area contributed by atoms with Crippen LogP contribution >= 0.6 is 0 Å². The molecule has 5 nitrogen and oxygen atoms in total. The molecule has 0 unspecified atom stereocenters. The summed E-state index contributed by atoms with van der Waals surface area (Å²) in [6.45, 7) is 5.22. The van der Waals surface area contributed by atoms with E-state index in [4.69, 9.17) is 5.73 Å². The molecule has 0 amide bonds. The van der Waals surface area contributed by atoms with Gasteiger partial charge in [0.1, 0.15) is 0 Å². The first-order valence-electron chi connectivity index (χ1n) is 8.10. The highest BCUT2D eigenvalue weighted by atomic mass is 32.2. The van der Waals surface area contributed by atoms with E-state index in [9.17, 15) is 8.42 Å². The van der Waals surface area contributed by atoms with E-state index in [1.165, 1.54) is 0 Å². The highest BCUT2D eigenvalue weighted by Gasteiger charge is 2.24. The van der Waals surface area contributed by atoms with Crippen molar-refractivity contribution in [2.75, 3.05) is 5.73 Å². The number of anilines is 1. The van der Waals surface area contributed by atoms with Crippen molar-refractivity contribution in [2.24, 2.45) is 0 Å². The van der Waals surface area contributed by atoms with Gasteiger partial charge < -0.3 is 5.73 Å². The number of imidazole rings is 1. The number of hydrogen-bond acceptors (Lipinski definition) is 4. The van der Waals surface area contributed by atoms with E-state index in [-0.39, 0.29) is 5.95 Å². The fourth-order valence-corrected chi connectivity index (χ4v) is 3.98. The Morgan fingerprint density at radius 2 is 1.80 bits per heavy atom. The Bertz CT molecular complexity index is 1050. The number of aromatic nitrogens is 2. The van der Waals surface area contributed by atoms with Crippen LogP contribution in [0.1, 0.15) is 31.9 Å². The van der Waals surface area contributed by atoms with E-state index in [0.29, 0.717) is 11.0 Å². The topological polar surface area (TPSA) is 78.0 Å². The van der Waals surface area contributed by atoms with Crippen molar-refractivity contribution < 1.29 is 8.42 Å². The minimum atomic E-state index is -3.59. The van der Waals surface area contributed by atoms with E-state index in [2.05, 4.69) is 4.98 Å². The molecule has 0 saturated carbocycles. The lowest BCUT2D eigenvalue weighted by molar-refractivity contribution is 0.580. The maximum atomic E-state index is 12.7. The van der Waals surface area contributed by atoms with Gasteiger partial charge in [0.15, 0.2) is 0 Å².